The highest BCUT2D eigenvalue weighted by molar-refractivity contribution is 5.91. The highest BCUT2D eigenvalue weighted by atomic mass is 16.5. The number of ether oxygens (including phenoxy) is 1. The summed E-state index contributed by atoms with van der Waals surface area (Å²) in [5.41, 5.74) is 1.64. The van der Waals surface area contributed by atoms with Crippen molar-refractivity contribution < 1.29 is 19.1 Å². The number of aromatic carboxylic acids is 1. The molecule has 5 heteroatoms. The number of carboxylic acid groups (broad SMARTS) is 1. The quantitative estimate of drug-likeness (QED) is 0.885. The zero-order chi connectivity index (χ0) is 14.9. The number of hydrogen-bond donors (Lipinski definition) is 2. The Kier molecular flexibility index (Phi) is 3.69. The maximum absolute atomic E-state index is 10.9. The lowest BCUT2D eigenvalue weighted by atomic mass is 10.0. The predicted octanol–water partition coefficient (Wildman–Crippen LogP) is 2.79. The maximum atomic E-state index is 10.9. The number of hydrogen-bond acceptors (Lipinski definition) is 4. The molecule has 112 valence electrons. The normalized spacial score (nSPS) is 22.0. The van der Waals surface area contributed by atoms with Gasteiger partial charge in [-0.25, -0.2) is 4.79 Å². The van der Waals surface area contributed by atoms with E-state index in [2.05, 4.69) is 12.2 Å². The molecule has 0 aliphatic carbocycles. The lowest BCUT2D eigenvalue weighted by Gasteiger charge is -2.23. The average molecular weight is 289 g/mol. The summed E-state index contributed by atoms with van der Waals surface area (Å²) in [6.45, 7) is 4.52. The van der Waals surface area contributed by atoms with Crippen molar-refractivity contribution >= 4 is 16.9 Å². The molecule has 1 aromatic heterocycles. The Morgan fingerprint density at radius 2 is 2.29 bits per heavy atom. The average Bonchev–Trinajstić information content (AvgIpc) is 3.05. The van der Waals surface area contributed by atoms with E-state index in [9.17, 15) is 4.79 Å². The van der Waals surface area contributed by atoms with Crippen molar-refractivity contribution in [3.05, 3.63) is 35.6 Å². The summed E-state index contributed by atoms with van der Waals surface area (Å²) in [4.78, 5) is 10.9. The number of benzene rings is 1. The number of rotatable bonds is 5. The topological polar surface area (TPSA) is 71.7 Å². The Morgan fingerprint density at radius 3 is 3.00 bits per heavy atom. The van der Waals surface area contributed by atoms with Gasteiger partial charge in [-0.15, -0.1) is 0 Å². The molecule has 2 heterocycles. The fourth-order valence-electron chi connectivity index (χ4n) is 2.76. The minimum absolute atomic E-state index is 0.0259. The fraction of sp³-hybridized carbons (Fsp3) is 0.438. The van der Waals surface area contributed by atoms with Crippen LogP contribution in [0, 0.1) is 0 Å². The molecule has 5 nitrogen and oxygen atoms in total. The van der Waals surface area contributed by atoms with Crippen LogP contribution in [0.5, 0.6) is 0 Å². The van der Waals surface area contributed by atoms with Crippen molar-refractivity contribution in [2.24, 2.45) is 0 Å². The highest BCUT2D eigenvalue weighted by Crippen LogP contribution is 2.24. The summed E-state index contributed by atoms with van der Waals surface area (Å²) in [6.07, 6.45) is 2.21. The van der Waals surface area contributed by atoms with Crippen LogP contribution < -0.4 is 5.32 Å². The van der Waals surface area contributed by atoms with E-state index in [1.165, 1.54) is 0 Å². The van der Waals surface area contributed by atoms with Gasteiger partial charge in [0.05, 0.1) is 5.60 Å². The summed E-state index contributed by atoms with van der Waals surface area (Å²) in [5.74, 6) is -1.07. The number of carboxylic acids is 1. The molecule has 3 rings (SSSR count). The van der Waals surface area contributed by atoms with Gasteiger partial charge in [-0.05, 0) is 43.5 Å². The van der Waals surface area contributed by atoms with Crippen LogP contribution in [0.15, 0.2) is 28.7 Å². The molecule has 1 saturated heterocycles. The molecule has 0 amide bonds. The minimum atomic E-state index is -1.04. The van der Waals surface area contributed by atoms with E-state index in [1.54, 1.807) is 6.07 Å². The third-order valence-electron chi connectivity index (χ3n) is 3.92. The standard InChI is InChI=1S/C16H19NO4/c1-16(5-2-6-20-16)10-17-9-11-3-4-13-12(7-11)8-14(21-13)15(18)19/h3-4,7-8,17H,2,5-6,9-10H2,1H3,(H,18,19). The molecule has 1 aromatic carbocycles. The molecule has 1 aliphatic heterocycles. The first kappa shape index (κ1) is 14.1. The lowest BCUT2D eigenvalue weighted by Crippen LogP contribution is -2.36. The second-order valence-corrected chi connectivity index (χ2v) is 5.79. The summed E-state index contributed by atoms with van der Waals surface area (Å²) < 4.78 is 11.0. The van der Waals surface area contributed by atoms with Crippen molar-refractivity contribution in [2.45, 2.75) is 31.9 Å². The molecule has 0 saturated carbocycles. The van der Waals surface area contributed by atoms with E-state index < -0.39 is 5.97 Å². The molecule has 1 unspecified atom stereocenters. The fourth-order valence-corrected chi connectivity index (χ4v) is 2.76. The van der Waals surface area contributed by atoms with Crippen molar-refractivity contribution in [1.82, 2.24) is 5.32 Å². The summed E-state index contributed by atoms with van der Waals surface area (Å²) >= 11 is 0. The van der Waals surface area contributed by atoms with Crippen molar-refractivity contribution in [1.29, 1.82) is 0 Å². The highest BCUT2D eigenvalue weighted by Gasteiger charge is 2.28. The van der Waals surface area contributed by atoms with Gasteiger partial charge in [0.1, 0.15) is 5.58 Å². The zero-order valence-corrected chi connectivity index (χ0v) is 12.0. The molecular weight excluding hydrogens is 270 g/mol. The third-order valence-corrected chi connectivity index (χ3v) is 3.92. The van der Waals surface area contributed by atoms with Crippen LogP contribution in [0.4, 0.5) is 0 Å². The van der Waals surface area contributed by atoms with Gasteiger partial charge in [-0.1, -0.05) is 6.07 Å². The van der Waals surface area contributed by atoms with Crippen molar-refractivity contribution in [2.75, 3.05) is 13.2 Å². The Bertz CT molecular complexity index is 655. The van der Waals surface area contributed by atoms with Gasteiger partial charge in [0, 0.05) is 25.1 Å². The summed E-state index contributed by atoms with van der Waals surface area (Å²) in [5, 5.41) is 13.1. The predicted molar refractivity (Wildman–Crippen MR) is 78.5 cm³/mol. The monoisotopic (exact) mass is 289 g/mol. The van der Waals surface area contributed by atoms with E-state index in [1.807, 2.05) is 18.2 Å². The molecule has 2 N–H and O–H groups in total. The molecule has 2 aromatic rings. The second kappa shape index (κ2) is 5.50. The van der Waals surface area contributed by atoms with Gasteiger partial charge in [0.2, 0.25) is 5.76 Å². The van der Waals surface area contributed by atoms with Crippen molar-refractivity contribution in [3.63, 3.8) is 0 Å². The molecule has 1 aliphatic rings. The third kappa shape index (κ3) is 3.09. The van der Waals surface area contributed by atoms with E-state index in [4.69, 9.17) is 14.3 Å². The van der Waals surface area contributed by atoms with Crippen LogP contribution >= 0.6 is 0 Å². The SMILES string of the molecule is CC1(CNCc2ccc3oc(C(=O)O)cc3c2)CCCO1. The Labute approximate surface area is 122 Å². The summed E-state index contributed by atoms with van der Waals surface area (Å²) in [7, 11) is 0. The van der Waals surface area contributed by atoms with E-state index >= 15 is 0 Å². The number of furan rings is 1. The molecule has 1 atom stereocenters. The first-order valence-electron chi connectivity index (χ1n) is 7.16. The molecule has 0 radical (unpaired) electrons. The molecular formula is C16H19NO4. The number of fused-ring (bicyclic) bond motifs is 1. The summed E-state index contributed by atoms with van der Waals surface area (Å²) in [6, 6.07) is 7.27. The Morgan fingerprint density at radius 1 is 1.43 bits per heavy atom. The van der Waals surface area contributed by atoms with Gasteiger partial charge < -0.3 is 19.6 Å². The largest absolute Gasteiger partial charge is 0.475 e. The lowest BCUT2D eigenvalue weighted by molar-refractivity contribution is 0.0207. The number of carbonyl (C=O) groups is 1. The van der Waals surface area contributed by atoms with Crippen LogP contribution in [-0.2, 0) is 11.3 Å². The van der Waals surface area contributed by atoms with Gasteiger partial charge in [0.25, 0.3) is 0 Å². The van der Waals surface area contributed by atoms with Gasteiger partial charge >= 0.3 is 5.97 Å². The van der Waals surface area contributed by atoms with Crippen LogP contribution in [0.2, 0.25) is 0 Å². The molecule has 0 bridgehead atoms. The van der Waals surface area contributed by atoms with Crippen LogP contribution in [0.1, 0.15) is 35.9 Å². The smallest absolute Gasteiger partial charge is 0.371 e. The number of nitrogens with one attached hydrogen (secondary N) is 1. The first-order valence-corrected chi connectivity index (χ1v) is 7.16. The second-order valence-electron chi connectivity index (χ2n) is 5.79. The van der Waals surface area contributed by atoms with Gasteiger partial charge in [-0.2, -0.15) is 0 Å². The Hall–Kier alpha value is -1.85. The van der Waals surface area contributed by atoms with E-state index in [-0.39, 0.29) is 11.4 Å². The van der Waals surface area contributed by atoms with Crippen LogP contribution in [-0.4, -0.2) is 29.8 Å². The van der Waals surface area contributed by atoms with E-state index in [0.717, 1.165) is 43.5 Å². The van der Waals surface area contributed by atoms with Gasteiger partial charge in [-0.3, -0.25) is 0 Å². The maximum Gasteiger partial charge on any atom is 0.371 e. The zero-order valence-electron chi connectivity index (χ0n) is 12.0. The first-order chi connectivity index (χ1) is 10.1. The van der Waals surface area contributed by atoms with Crippen molar-refractivity contribution in [3.8, 4) is 0 Å². The Balaban J connectivity index is 1.65. The molecule has 1 fully saturated rings. The van der Waals surface area contributed by atoms with Crippen LogP contribution in [0.25, 0.3) is 11.0 Å². The van der Waals surface area contributed by atoms with Crippen LogP contribution in [0.3, 0.4) is 0 Å². The van der Waals surface area contributed by atoms with E-state index in [0.29, 0.717) is 5.58 Å². The molecule has 0 spiro atoms. The molecule has 21 heavy (non-hydrogen) atoms. The van der Waals surface area contributed by atoms with Gasteiger partial charge in [0.15, 0.2) is 0 Å². The minimum Gasteiger partial charge on any atom is -0.475 e.